The molecule has 8 rings (SSSR count). The first kappa shape index (κ1) is 21.2. The summed E-state index contributed by atoms with van der Waals surface area (Å²) in [5.74, 6) is 0.961. The van der Waals surface area contributed by atoms with Crippen molar-refractivity contribution in [2.45, 2.75) is 13.5 Å². The van der Waals surface area contributed by atoms with Gasteiger partial charge < -0.3 is 4.57 Å². The minimum absolute atomic E-state index is 0.934. The lowest BCUT2D eigenvalue weighted by molar-refractivity contribution is 0.827. The topological polar surface area (TPSA) is 22.8 Å². The Morgan fingerprint density at radius 2 is 1.16 bits per heavy atom. The molecule has 2 aromatic heterocycles. The Bertz CT molecular complexity index is 2160. The van der Waals surface area contributed by atoms with E-state index in [1.54, 1.807) is 0 Å². The van der Waals surface area contributed by atoms with Gasteiger partial charge in [-0.05, 0) is 54.1 Å². The molecule has 0 aliphatic rings. The van der Waals surface area contributed by atoms with Crippen LogP contribution in [0, 0.1) is 0 Å². The third kappa shape index (κ3) is 2.87. The molecule has 3 nitrogen and oxygen atoms in total. The Kier molecular flexibility index (Phi) is 4.50. The number of imidazole rings is 1. The van der Waals surface area contributed by atoms with Crippen molar-refractivity contribution in [2.75, 3.05) is 0 Å². The molecule has 180 valence electrons. The fourth-order valence-corrected chi connectivity index (χ4v) is 6.26. The van der Waals surface area contributed by atoms with Crippen molar-refractivity contribution in [3.63, 3.8) is 0 Å². The Morgan fingerprint density at radius 1 is 0.553 bits per heavy atom. The van der Waals surface area contributed by atoms with Crippen LogP contribution in [0.25, 0.3) is 71.5 Å². The summed E-state index contributed by atoms with van der Waals surface area (Å²) in [7, 11) is 0. The molecule has 0 bridgehead atoms. The molecule has 0 aliphatic heterocycles. The van der Waals surface area contributed by atoms with E-state index in [0.29, 0.717) is 0 Å². The maximum Gasteiger partial charge on any atom is 0.145 e. The minimum Gasteiger partial charge on any atom is -0.341 e. The van der Waals surface area contributed by atoms with Crippen molar-refractivity contribution in [3.05, 3.63) is 121 Å². The van der Waals surface area contributed by atoms with Gasteiger partial charge >= 0.3 is 0 Å². The van der Waals surface area contributed by atoms with Crippen molar-refractivity contribution in [1.82, 2.24) is 14.1 Å². The van der Waals surface area contributed by atoms with Gasteiger partial charge in [0.2, 0.25) is 0 Å². The highest BCUT2D eigenvalue weighted by Crippen LogP contribution is 2.40. The zero-order chi connectivity index (χ0) is 25.2. The smallest absolute Gasteiger partial charge is 0.145 e. The average molecular weight is 488 g/mol. The van der Waals surface area contributed by atoms with Gasteiger partial charge in [0.05, 0.1) is 11.0 Å². The van der Waals surface area contributed by atoms with E-state index < -0.39 is 0 Å². The Balaban J connectivity index is 1.55. The van der Waals surface area contributed by atoms with Crippen molar-refractivity contribution in [2.24, 2.45) is 0 Å². The van der Waals surface area contributed by atoms with E-state index in [0.717, 1.165) is 34.7 Å². The maximum absolute atomic E-state index is 5.41. The first-order valence-corrected chi connectivity index (χ1v) is 13.2. The lowest BCUT2D eigenvalue weighted by Crippen LogP contribution is -1.98. The molecule has 8 aromatic rings. The van der Waals surface area contributed by atoms with Crippen molar-refractivity contribution in [3.8, 4) is 17.1 Å². The van der Waals surface area contributed by atoms with Crippen LogP contribution in [0.15, 0.2) is 121 Å². The molecule has 2 heterocycles. The summed E-state index contributed by atoms with van der Waals surface area (Å²) >= 11 is 0. The first-order chi connectivity index (χ1) is 18.8. The Labute approximate surface area is 220 Å². The second kappa shape index (κ2) is 8.06. The van der Waals surface area contributed by atoms with Gasteiger partial charge in [0.25, 0.3) is 0 Å². The molecule has 0 fully saturated rings. The highest BCUT2D eigenvalue weighted by Gasteiger charge is 2.21. The van der Waals surface area contributed by atoms with Crippen molar-refractivity contribution < 1.29 is 0 Å². The van der Waals surface area contributed by atoms with Gasteiger partial charge in [-0.1, -0.05) is 84.9 Å². The molecule has 0 spiro atoms. The predicted octanol–water partition coefficient (Wildman–Crippen LogP) is 9.13. The average Bonchev–Trinajstić information content (AvgIpc) is 3.54. The molecule has 3 heteroatoms. The molecule has 0 saturated heterocycles. The molecule has 0 amide bonds. The van der Waals surface area contributed by atoms with Crippen LogP contribution in [0.5, 0.6) is 0 Å². The molecule has 0 N–H and O–H groups in total. The lowest BCUT2D eigenvalue weighted by Gasteiger charge is -2.12. The van der Waals surface area contributed by atoms with E-state index in [4.69, 9.17) is 4.98 Å². The molecule has 0 saturated carbocycles. The molecule has 0 aliphatic carbocycles. The summed E-state index contributed by atoms with van der Waals surface area (Å²) in [5.41, 5.74) is 6.95. The second-order valence-corrected chi connectivity index (χ2v) is 9.89. The zero-order valence-electron chi connectivity index (χ0n) is 21.1. The van der Waals surface area contributed by atoms with Gasteiger partial charge in [0.15, 0.2) is 0 Å². The predicted molar refractivity (Wildman–Crippen MR) is 160 cm³/mol. The van der Waals surface area contributed by atoms with E-state index >= 15 is 0 Å². The number of aryl methyl sites for hydroxylation is 1. The molecule has 6 aromatic carbocycles. The third-order valence-electron chi connectivity index (χ3n) is 7.89. The number of hydrogen-bond acceptors (Lipinski definition) is 1. The highest BCUT2D eigenvalue weighted by molar-refractivity contribution is 6.24. The lowest BCUT2D eigenvalue weighted by atomic mass is 10.00. The summed E-state index contributed by atoms with van der Waals surface area (Å²) in [6.45, 7) is 3.15. The molecule has 0 atom stereocenters. The number of para-hydroxylation sites is 2. The number of hydrogen-bond donors (Lipinski definition) is 0. The van der Waals surface area contributed by atoms with Crippen LogP contribution < -0.4 is 0 Å². The number of benzene rings is 6. The van der Waals surface area contributed by atoms with Crippen LogP contribution in [0.3, 0.4) is 0 Å². The molecule has 38 heavy (non-hydrogen) atoms. The van der Waals surface area contributed by atoms with Gasteiger partial charge in [-0.3, -0.25) is 4.57 Å². The Morgan fingerprint density at radius 3 is 1.92 bits per heavy atom. The van der Waals surface area contributed by atoms with Crippen LogP contribution in [-0.4, -0.2) is 14.1 Å². The summed E-state index contributed by atoms with van der Waals surface area (Å²) in [4.78, 5) is 5.41. The van der Waals surface area contributed by atoms with Gasteiger partial charge in [0.1, 0.15) is 5.82 Å². The first-order valence-electron chi connectivity index (χ1n) is 13.2. The minimum atomic E-state index is 0.934. The fourth-order valence-electron chi connectivity index (χ4n) is 6.26. The van der Waals surface area contributed by atoms with Crippen LogP contribution in [0.1, 0.15) is 6.92 Å². The monoisotopic (exact) mass is 487 g/mol. The molecular weight excluding hydrogens is 462 g/mol. The van der Waals surface area contributed by atoms with E-state index in [-0.39, 0.29) is 0 Å². The van der Waals surface area contributed by atoms with Crippen molar-refractivity contribution >= 4 is 54.4 Å². The standard InChI is InChI=1S/C35H25N3/c1-2-37-31-19-11-10-16-27(31)30-22-23(20-21-32(30)37)35-36-33-28-17-8-6-14-25(28)26-15-7-9-18-29(26)34(33)38(35)24-12-4-3-5-13-24/h3-22H,2H2,1H3. The number of aromatic nitrogens is 3. The quantitative estimate of drug-likeness (QED) is 0.228. The van der Waals surface area contributed by atoms with Crippen LogP contribution in [0.4, 0.5) is 0 Å². The largest absolute Gasteiger partial charge is 0.341 e. The number of rotatable bonds is 3. The highest BCUT2D eigenvalue weighted by atomic mass is 15.1. The summed E-state index contributed by atoms with van der Waals surface area (Å²) in [6, 6.07) is 43.5. The normalized spacial score (nSPS) is 11.9. The summed E-state index contributed by atoms with van der Waals surface area (Å²) in [5, 5.41) is 7.43. The SMILES string of the molecule is CCn1c2ccccc2c2cc(-c3nc4c5ccccc5c5ccccc5c4n3-c3ccccc3)ccc21. The zero-order valence-corrected chi connectivity index (χ0v) is 21.1. The summed E-state index contributed by atoms with van der Waals surface area (Å²) < 4.78 is 4.75. The van der Waals surface area contributed by atoms with Crippen LogP contribution >= 0.6 is 0 Å². The van der Waals surface area contributed by atoms with Gasteiger partial charge in [0, 0.05) is 50.4 Å². The molecular formula is C35H25N3. The van der Waals surface area contributed by atoms with E-state index in [2.05, 4.69) is 137 Å². The summed E-state index contributed by atoms with van der Waals surface area (Å²) in [6.07, 6.45) is 0. The van der Waals surface area contributed by atoms with Crippen LogP contribution in [-0.2, 0) is 6.54 Å². The molecule has 0 radical (unpaired) electrons. The fraction of sp³-hybridized carbons (Fsp3) is 0.0571. The van der Waals surface area contributed by atoms with Crippen LogP contribution in [0.2, 0.25) is 0 Å². The van der Waals surface area contributed by atoms with Gasteiger partial charge in [-0.2, -0.15) is 0 Å². The number of fused-ring (bicyclic) bond motifs is 9. The Hall–Kier alpha value is -4.89. The van der Waals surface area contributed by atoms with Gasteiger partial charge in [-0.15, -0.1) is 0 Å². The van der Waals surface area contributed by atoms with E-state index in [9.17, 15) is 0 Å². The second-order valence-electron chi connectivity index (χ2n) is 9.89. The van der Waals surface area contributed by atoms with E-state index in [1.807, 2.05) is 0 Å². The third-order valence-corrected chi connectivity index (χ3v) is 7.89. The molecule has 0 unspecified atom stereocenters. The number of nitrogens with zero attached hydrogens (tertiary/aromatic N) is 3. The van der Waals surface area contributed by atoms with E-state index in [1.165, 1.54) is 43.4 Å². The maximum atomic E-state index is 5.41. The van der Waals surface area contributed by atoms with Crippen molar-refractivity contribution in [1.29, 1.82) is 0 Å². The van der Waals surface area contributed by atoms with Gasteiger partial charge in [-0.25, -0.2) is 4.98 Å².